The molecule has 0 fully saturated rings. The Morgan fingerprint density at radius 2 is 1.86 bits per heavy atom. The van der Waals surface area contributed by atoms with Crippen LogP contribution in [0, 0.1) is 12.7 Å². The molecule has 35 heavy (non-hydrogen) atoms. The maximum Gasteiger partial charge on any atom is 0.296 e. The second-order valence-electron chi connectivity index (χ2n) is 7.82. The SMILES string of the molecule is Cc1ccc(C2C(C(=O)c3cccs3)=C(O)C(=O)N2c2nnc(SCc3ccc(F)cc3)s2)cc1. The predicted octanol–water partition coefficient (Wildman–Crippen LogP) is 6.12. The molecule has 176 valence electrons. The van der Waals surface area contributed by atoms with Crippen molar-refractivity contribution >= 4 is 51.3 Å². The second-order valence-corrected chi connectivity index (χ2v) is 10.9. The highest BCUT2D eigenvalue weighted by Crippen LogP contribution is 2.44. The van der Waals surface area contributed by atoms with Crippen molar-refractivity contribution in [3.05, 3.63) is 105 Å². The molecule has 1 unspecified atom stereocenters. The third-order valence-electron chi connectivity index (χ3n) is 5.47. The molecule has 3 heterocycles. The number of carbonyl (C=O) groups excluding carboxylic acids is 2. The number of Topliss-reactive ketones (excluding diaryl/α,β-unsaturated/α-hetero) is 1. The normalized spacial score (nSPS) is 15.8. The summed E-state index contributed by atoms with van der Waals surface area (Å²) in [5.41, 5.74) is 2.66. The Morgan fingerprint density at radius 3 is 2.54 bits per heavy atom. The van der Waals surface area contributed by atoms with Crippen molar-refractivity contribution in [1.29, 1.82) is 0 Å². The number of aliphatic hydroxyl groups is 1. The maximum atomic E-state index is 13.3. The lowest BCUT2D eigenvalue weighted by molar-refractivity contribution is -0.117. The van der Waals surface area contributed by atoms with Crippen LogP contribution >= 0.6 is 34.4 Å². The fraction of sp³-hybridized carbons (Fsp3) is 0.120. The van der Waals surface area contributed by atoms with E-state index in [0.717, 1.165) is 11.1 Å². The molecule has 5 rings (SSSR count). The molecule has 0 aliphatic carbocycles. The number of halogens is 1. The monoisotopic (exact) mass is 523 g/mol. The van der Waals surface area contributed by atoms with Crippen molar-refractivity contribution in [2.24, 2.45) is 0 Å². The van der Waals surface area contributed by atoms with Gasteiger partial charge in [-0.15, -0.1) is 21.5 Å². The number of benzene rings is 2. The van der Waals surface area contributed by atoms with Gasteiger partial charge in [0.15, 0.2) is 10.1 Å². The van der Waals surface area contributed by atoms with Crippen LogP contribution in [0.25, 0.3) is 0 Å². The van der Waals surface area contributed by atoms with E-state index in [1.165, 1.54) is 51.5 Å². The number of thioether (sulfide) groups is 1. The first-order valence-corrected chi connectivity index (χ1v) is 13.2. The van der Waals surface area contributed by atoms with Crippen molar-refractivity contribution in [3.8, 4) is 0 Å². The number of rotatable bonds is 7. The molecule has 2 aromatic carbocycles. The van der Waals surface area contributed by atoms with E-state index in [1.807, 2.05) is 31.2 Å². The summed E-state index contributed by atoms with van der Waals surface area (Å²) in [5, 5.41) is 21.3. The Morgan fingerprint density at radius 1 is 1.11 bits per heavy atom. The molecule has 0 spiro atoms. The van der Waals surface area contributed by atoms with Crippen LogP contribution in [0.3, 0.4) is 0 Å². The van der Waals surface area contributed by atoms with Crippen molar-refractivity contribution in [3.63, 3.8) is 0 Å². The molecule has 1 N–H and O–H groups in total. The predicted molar refractivity (Wildman–Crippen MR) is 136 cm³/mol. The van der Waals surface area contributed by atoms with Gasteiger partial charge in [0.25, 0.3) is 5.91 Å². The first kappa shape index (κ1) is 23.4. The highest BCUT2D eigenvalue weighted by Gasteiger charge is 2.46. The number of anilines is 1. The number of hydrogen-bond donors (Lipinski definition) is 1. The van der Waals surface area contributed by atoms with Crippen molar-refractivity contribution < 1.29 is 19.1 Å². The van der Waals surface area contributed by atoms with Gasteiger partial charge in [-0.05, 0) is 41.6 Å². The Bertz CT molecular complexity index is 1410. The minimum atomic E-state index is -0.833. The molecule has 1 aliphatic rings. The highest BCUT2D eigenvalue weighted by molar-refractivity contribution is 8.00. The molecule has 6 nitrogen and oxygen atoms in total. The lowest BCUT2D eigenvalue weighted by Crippen LogP contribution is -2.31. The van der Waals surface area contributed by atoms with Crippen LogP contribution < -0.4 is 4.90 Å². The van der Waals surface area contributed by atoms with E-state index < -0.39 is 23.5 Å². The number of aromatic nitrogens is 2. The van der Waals surface area contributed by atoms with E-state index in [4.69, 9.17) is 0 Å². The number of aryl methyl sites for hydroxylation is 1. The minimum Gasteiger partial charge on any atom is -0.503 e. The van der Waals surface area contributed by atoms with Gasteiger partial charge in [-0.25, -0.2) is 4.39 Å². The molecular formula is C25H18FN3O3S3. The summed E-state index contributed by atoms with van der Waals surface area (Å²) in [6, 6.07) is 16.3. The zero-order valence-corrected chi connectivity index (χ0v) is 20.8. The van der Waals surface area contributed by atoms with Crippen LogP contribution in [-0.4, -0.2) is 27.0 Å². The molecule has 1 aliphatic heterocycles. The highest BCUT2D eigenvalue weighted by atomic mass is 32.2. The topological polar surface area (TPSA) is 83.4 Å². The standard InChI is InChI=1S/C25H18FN3O3S3/c1-14-4-8-16(9-5-14)20-19(21(30)18-3-2-12-33-18)22(31)23(32)29(20)24-27-28-25(35-24)34-13-15-6-10-17(26)11-7-15/h2-12,20,31H,13H2,1H3. The fourth-order valence-electron chi connectivity index (χ4n) is 3.72. The Balaban J connectivity index is 1.48. The van der Waals surface area contributed by atoms with Crippen LogP contribution in [0.4, 0.5) is 9.52 Å². The van der Waals surface area contributed by atoms with Crippen molar-refractivity contribution in [1.82, 2.24) is 10.2 Å². The second kappa shape index (κ2) is 9.73. The fourth-order valence-corrected chi connectivity index (χ4v) is 6.22. The molecule has 0 radical (unpaired) electrons. The van der Waals surface area contributed by atoms with Crippen molar-refractivity contribution in [2.45, 2.75) is 23.1 Å². The van der Waals surface area contributed by atoms with E-state index in [0.29, 0.717) is 20.5 Å². The molecular weight excluding hydrogens is 505 g/mol. The largest absolute Gasteiger partial charge is 0.503 e. The molecule has 2 aromatic heterocycles. The summed E-state index contributed by atoms with van der Waals surface area (Å²) in [6.45, 7) is 1.95. The van der Waals surface area contributed by atoms with Crippen LogP contribution in [0.5, 0.6) is 0 Å². The Labute approximate surface area is 212 Å². The van der Waals surface area contributed by atoms with E-state index in [-0.39, 0.29) is 16.5 Å². The van der Waals surface area contributed by atoms with E-state index >= 15 is 0 Å². The van der Waals surface area contributed by atoms with Gasteiger partial charge in [-0.1, -0.05) is 71.1 Å². The van der Waals surface area contributed by atoms with E-state index in [1.54, 1.807) is 29.6 Å². The summed E-state index contributed by atoms with van der Waals surface area (Å²) in [7, 11) is 0. The third kappa shape index (κ3) is 4.64. The van der Waals surface area contributed by atoms with Gasteiger partial charge in [0.1, 0.15) is 5.82 Å². The third-order valence-corrected chi connectivity index (χ3v) is 8.46. The number of amides is 1. The lowest BCUT2D eigenvalue weighted by atomic mass is 9.95. The molecule has 1 amide bonds. The summed E-state index contributed by atoms with van der Waals surface area (Å²) >= 11 is 3.86. The summed E-state index contributed by atoms with van der Waals surface area (Å²) in [4.78, 5) is 28.3. The average molecular weight is 524 g/mol. The average Bonchev–Trinajstić information content (AvgIpc) is 3.60. The molecule has 1 atom stereocenters. The molecule has 4 aromatic rings. The quantitative estimate of drug-likeness (QED) is 0.178. The van der Waals surface area contributed by atoms with Crippen LogP contribution in [0.1, 0.15) is 32.4 Å². The lowest BCUT2D eigenvalue weighted by Gasteiger charge is -2.24. The van der Waals surface area contributed by atoms with E-state index in [9.17, 15) is 19.1 Å². The minimum absolute atomic E-state index is 0.0250. The number of nitrogens with zero attached hydrogens (tertiary/aromatic N) is 3. The number of thiophene rings is 1. The Kier molecular flexibility index (Phi) is 6.50. The smallest absolute Gasteiger partial charge is 0.296 e. The maximum absolute atomic E-state index is 13.3. The number of hydrogen-bond acceptors (Lipinski definition) is 8. The first-order chi connectivity index (χ1) is 16.9. The zero-order valence-electron chi connectivity index (χ0n) is 18.3. The summed E-state index contributed by atoms with van der Waals surface area (Å²) in [5.74, 6) is -1.41. The van der Waals surface area contributed by atoms with Gasteiger partial charge in [-0.3, -0.25) is 14.5 Å². The van der Waals surface area contributed by atoms with Crippen LogP contribution in [0.15, 0.2) is 81.7 Å². The summed E-state index contributed by atoms with van der Waals surface area (Å²) in [6.07, 6.45) is 0. The number of aliphatic hydroxyl groups excluding tert-OH is 1. The Hall–Kier alpha value is -3.34. The van der Waals surface area contributed by atoms with Crippen molar-refractivity contribution in [2.75, 3.05) is 4.90 Å². The van der Waals surface area contributed by atoms with Gasteiger partial charge in [0.2, 0.25) is 10.9 Å². The van der Waals surface area contributed by atoms with Crippen LogP contribution in [0.2, 0.25) is 0 Å². The van der Waals surface area contributed by atoms with Gasteiger partial charge in [0.05, 0.1) is 16.5 Å². The molecule has 0 saturated heterocycles. The number of carbonyl (C=O) groups is 2. The number of ketones is 1. The van der Waals surface area contributed by atoms with Gasteiger partial charge < -0.3 is 5.11 Å². The van der Waals surface area contributed by atoms with Gasteiger partial charge >= 0.3 is 0 Å². The van der Waals surface area contributed by atoms with Crippen LogP contribution in [-0.2, 0) is 10.5 Å². The molecule has 0 saturated carbocycles. The zero-order chi connectivity index (χ0) is 24.5. The molecule has 0 bridgehead atoms. The van der Waals surface area contributed by atoms with Gasteiger partial charge in [0, 0.05) is 5.75 Å². The summed E-state index contributed by atoms with van der Waals surface area (Å²) < 4.78 is 13.8. The van der Waals surface area contributed by atoms with Gasteiger partial charge in [-0.2, -0.15) is 0 Å². The first-order valence-electron chi connectivity index (χ1n) is 10.5. The van der Waals surface area contributed by atoms with E-state index in [2.05, 4.69) is 10.2 Å². The molecule has 10 heteroatoms.